The molecule has 1 fully saturated rings. The van der Waals surface area contributed by atoms with E-state index in [9.17, 15) is 9.59 Å². The molecule has 0 aliphatic carbocycles. The second-order valence-electron chi connectivity index (χ2n) is 6.36. The first-order valence-electron chi connectivity index (χ1n) is 8.41. The van der Waals surface area contributed by atoms with E-state index in [-0.39, 0.29) is 17.9 Å². The molecule has 0 radical (unpaired) electrons. The number of halogens is 1. The van der Waals surface area contributed by atoms with Gasteiger partial charge in [-0.3, -0.25) is 9.59 Å². The summed E-state index contributed by atoms with van der Waals surface area (Å²) in [7, 11) is 0. The number of hydrogen-bond donors (Lipinski definition) is 1. The van der Waals surface area contributed by atoms with Crippen LogP contribution in [-0.4, -0.2) is 18.4 Å². The fourth-order valence-electron chi connectivity index (χ4n) is 3.19. The lowest BCUT2D eigenvalue weighted by molar-refractivity contribution is -0.132. The van der Waals surface area contributed by atoms with Crippen LogP contribution in [0, 0.1) is 12.8 Å². The average Bonchev–Trinajstić information content (AvgIpc) is 2.99. The number of carbonyl (C=O) groups excluding carboxylic acids is 2. The van der Waals surface area contributed by atoms with Crippen LogP contribution in [-0.2, 0) is 9.59 Å². The number of amides is 2. The molecule has 1 heterocycles. The summed E-state index contributed by atoms with van der Waals surface area (Å²) in [5, 5.41) is 3.58. The Balaban J connectivity index is 1.71. The molecule has 0 aromatic heterocycles. The molecule has 25 heavy (non-hydrogen) atoms. The van der Waals surface area contributed by atoms with Gasteiger partial charge in [-0.15, -0.1) is 0 Å². The average molecular weight is 357 g/mol. The molecule has 2 atom stereocenters. The summed E-state index contributed by atoms with van der Waals surface area (Å²) in [6.07, 6.45) is 0.512. The predicted octanol–water partition coefficient (Wildman–Crippen LogP) is 3.88. The van der Waals surface area contributed by atoms with Crippen LogP contribution in [0.1, 0.15) is 30.5 Å². The number of hydrogen-bond acceptors (Lipinski definition) is 2. The molecule has 3 rings (SSSR count). The first-order chi connectivity index (χ1) is 12.0. The second kappa shape index (κ2) is 7.28. The van der Waals surface area contributed by atoms with Crippen molar-refractivity contribution in [1.29, 1.82) is 0 Å². The highest BCUT2D eigenvalue weighted by Crippen LogP contribution is 2.31. The summed E-state index contributed by atoms with van der Waals surface area (Å²) in [5.74, 6) is -1.03. The summed E-state index contributed by atoms with van der Waals surface area (Å²) in [4.78, 5) is 27.0. The standard InChI is InChI=1S/C20H21ClN2O2/c1-13-17(21)9-6-10-18(13)23-12-11-16(20(23)25)19(24)22-14(2)15-7-4-3-5-8-15/h3-10,14,16H,11-12H2,1-2H3,(H,22,24)/t14-,16+/m1/s1. The smallest absolute Gasteiger partial charge is 0.239 e. The minimum absolute atomic E-state index is 0.136. The molecule has 0 saturated carbocycles. The fourth-order valence-corrected chi connectivity index (χ4v) is 3.36. The summed E-state index contributed by atoms with van der Waals surface area (Å²) >= 11 is 6.16. The molecule has 0 spiro atoms. The van der Waals surface area contributed by atoms with Gasteiger partial charge in [0.05, 0.1) is 6.04 Å². The lowest BCUT2D eigenvalue weighted by Gasteiger charge is -2.20. The predicted molar refractivity (Wildman–Crippen MR) is 99.6 cm³/mol. The van der Waals surface area contributed by atoms with Crippen LogP contribution < -0.4 is 10.2 Å². The fraction of sp³-hybridized carbons (Fsp3) is 0.300. The zero-order valence-electron chi connectivity index (χ0n) is 14.3. The van der Waals surface area contributed by atoms with Crippen molar-refractivity contribution in [2.24, 2.45) is 5.92 Å². The van der Waals surface area contributed by atoms with Gasteiger partial charge in [0.15, 0.2) is 0 Å². The van der Waals surface area contributed by atoms with Gasteiger partial charge >= 0.3 is 0 Å². The van der Waals surface area contributed by atoms with Crippen molar-refractivity contribution in [3.05, 3.63) is 64.7 Å². The number of rotatable bonds is 4. The van der Waals surface area contributed by atoms with Crippen LogP contribution in [0.4, 0.5) is 5.69 Å². The minimum atomic E-state index is -0.649. The molecule has 2 aromatic carbocycles. The van der Waals surface area contributed by atoms with Gasteiger partial charge < -0.3 is 10.2 Å². The molecule has 130 valence electrons. The van der Waals surface area contributed by atoms with E-state index in [1.165, 1.54) is 0 Å². The van der Waals surface area contributed by atoms with Crippen molar-refractivity contribution in [3.8, 4) is 0 Å². The van der Waals surface area contributed by atoms with Crippen LogP contribution in [0.2, 0.25) is 5.02 Å². The molecule has 1 aliphatic heterocycles. The van der Waals surface area contributed by atoms with Crippen molar-refractivity contribution in [1.82, 2.24) is 5.32 Å². The number of nitrogens with one attached hydrogen (secondary N) is 1. The van der Waals surface area contributed by atoms with Crippen LogP contribution in [0.15, 0.2) is 48.5 Å². The Bertz CT molecular complexity index is 792. The molecular weight excluding hydrogens is 336 g/mol. The third-order valence-electron chi connectivity index (χ3n) is 4.71. The van der Waals surface area contributed by atoms with E-state index < -0.39 is 5.92 Å². The lowest BCUT2D eigenvalue weighted by atomic mass is 10.0. The first-order valence-corrected chi connectivity index (χ1v) is 8.78. The Hall–Kier alpha value is -2.33. The SMILES string of the molecule is Cc1c(Cl)cccc1N1CC[C@@H](C(=O)N[C@H](C)c2ccccc2)C1=O. The molecule has 4 nitrogen and oxygen atoms in total. The Kier molecular flexibility index (Phi) is 5.09. The Morgan fingerprint density at radius 2 is 1.92 bits per heavy atom. The molecule has 5 heteroatoms. The van der Waals surface area contributed by atoms with Crippen molar-refractivity contribution in [2.45, 2.75) is 26.3 Å². The largest absolute Gasteiger partial charge is 0.349 e. The van der Waals surface area contributed by atoms with E-state index >= 15 is 0 Å². The van der Waals surface area contributed by atoms with Crippen molar-refractivity contribution in [3.63, 3.8) is 0 Å². The van der Waals surface area contributed by atoms with E-state index in [1.807, 2.05) is 56.3 Å². The maximum Gasteiger partial charge on any atom is 0.239 e. The number of benzene rings is 2. The summed E-state index contributed by atoms with van der Waals surface area (Å²) in [6.45, 7) is 4.33. The Morgan fingerprint density at radius 1 is 1.20 bits per heavy atom. The Morgan fingerprint density at radius 3 is 2.64 bits per heavy atom. The summed E-state index contributed by atoms with van der Waals surface area (Å²) in [6, 6.07) is 15.1. The van der Waals surface area contributed by atoms with Crippen LogP contribution in [0.5, 0.6) is 0 Å². The second-order valence-corrected chi connectivity index (χ2v) is 6.76. The van der Waals surface area contributed by atoms with Crippen molar-refractivity contribution < 1.29 is 9.59 Å². The third-order valence-corrected chi connectivity index (χ3v) is 5.12. The summed E-state index contributed by atoms with van der Waals surface area (Å²) < 4.78 is 0. The van der Waals surface area contributed by atoms with Gasteiger partial charge in [0.25, 0.3) is 0 Å². The van der Waals surface area contributed by atoms with Crippen LogP contribution in [0.3, 0.4) is 0 Å². The van der Waals surface area contributed by atoms with E-state index in [1.54, 1.807) is 11.0 Å². The molecule has 1 saturated heterocycles. The molecule has 0 unspecified atom stereocenters. The van der Waals surface area contributed by atoms with Gasteiger partial charge in [0.2, 0.25) is 11.8 Å². The third kappa shape index (κ3) is 3.54. The maximum absolute atomic E-state index is 12.8. The monoisotopic (exact) mass is 356 g/mol. The highest BCUT2D eigenvalue weighted by molar-refractivity contribution is 6.31. The quantitative estimate of drug-likeness (QED) is 0.845. The van der Waals surface area contributed by atoms with E-state index in [2.05, 4.69) is 5.32 Å². The van der Waals surface area contributed by atoms with Crippen LogP contribution >= 0.6 is 11.6 Å². The van der Waals surface area contributed by atoms with Gasteiger partial charge in [-0.25, -0.2) is 0 Å². The number of carbonyl (C=O) groups is 2. The molecule has 1 aliphatic rings. The zero-order chi connectivity index (χ0) is 18.0. The van der Waals surface area contributed by atoms with Crippen molar-refractivity contribution in [2.75, 3.05) is 11.4 Å². The molecule has 1 N–H and O–H groups in total. The van der Waals surface area contributed by atoms with Gasteiger partial charge in [-0.2, -0.15) is 0 Å². The molecule has 2 aromatic rings. The van der Waals surface area contributed by atoms with Gasteiger partial charge in [0.1, 0.15) is 5.92 Å². The van der Waals surface area contributed by atoms with E-state index in [0.717, 1.165) is 16.8 Å². The minimum Gasteiger partial charge on any atom is -0.349 e. The molecule has 2 amide bonds. The highest BCUT2D eigenvalue weighted by Gasteiger charge is 2.38. The highest BCUT2D eigenvalue weighted by atomic mass is 35.5. The Labute approximate surface area is 152 Å². The zero-order valence-corrected chi connectivity index (χ0v) is 15.1. The van der Waals surface area contributed by atoms with Crippen molar-refractivity contribution >= 4 is 29.1 Å². The van der Waals surface area contributed by atoms with Crippen LogP contribution in [0.25, 0.3) is 0 Å². The van der Waals surface area contributed by atoms with E-state index in [0.29, 0.717) is 18.0 Å². The molecular formula is C20H21ClN2O2. The lowest BCUT2D eigenvalue weighted by Crippen LogP contribution is -2.38. The van der Waals surface area contributed by atoms with E-state index in [4.69, 9.17) is 11.6 Å². The maximum atomic E-state index is 12.8. The first kappa shape index (κ1) is 17.5. The van der Waals surface area contributed by atoms with Gasteiger partial charge in [-0.05, 0) is 43.5 Å². The summed E-state index contributed by atoms with van der Waals surface area (Å²) in [5.41, 5.74) is 2.66. The number of nitrogens with zero attached hydrogens (tertiary/aromatic N) is 1. The number of anilines is 1. The normalized spacial score (nSPS) is 18.3. The van der Waals surface area contributed by atoms with Gasteiger partial charge in [0, 0.05) is 17.3 Å². The molecule has 0 bridgehead atoms. The topological polar surface area (TPSA) is 49.4 Å². The van der Waals surface area contributed by atoms with Gasteiger partial charge in [-0.1, -0.05) is 48.0 Å².